The lowest BCUT2D eigenvalue weighted by Gasteiger charge is -2.09. The molecule has 1 aromatic carbocycles. The standard InChI is InChI=1S/C18H20O7/c1-3-7-23-16(20)13-10-14(17(21)24-8-4-2)12-15(11-13)18(22)25-9-5-6-19/h3-4,10-12,19H,1-2,5-9H2. The highest BCUT2D eigenvalue weighted by molar-refractivity contribution is 6.00. The van der Waals surface area contributed by atoms with E-state index in [2.05, 4.69) is 13.2 Å². The van der Waals surface area contributed by atoms with Gasteiger partial charge in [0.15, 0.2) is 0 Å². The predicted octanol–water partition coefficient (Wildman–Crippen LogP) is 1.91. The molecular weight excluding hydrogens is 328 g/mol. The highest BCUT2D eigenvalue weighted by Gasteiger charge is 2.18. The van der Waals surface area contributed by atoms with Gasteiger partial charge in [-0.15, -0.1) is 0 Å². The Morgan fingerprint density at radius 2 is 1.24 bits per heavy atom. The van der Waals surface area contributed by atoms with Gasteiger partial charge in [-0.05, 0) is 18.2 Å². The Bertz CT molecular complexity index is 607. The van der Waals surface area contributed by atoms with E-state index < -0.39 is 17.9 Å². The van der Waals surface area contributed by atoms with Crippen molar-refractivity contribution >= 4 is 17.9 Å². The number of aliphatic hydroxyl groups is 1. The number of carbonyl (C=O) groups is 3. The van der Waals surface area contributed by atoms with Crippen molar-refractivity contribution in [2.75, 3.05) is 26.4 Å². The fourth-order valence-corrected chi connectivity index (χ4v) is 1.73. The molecule has 0 unspecified atom stereocenters. The van der Waals surface area contributed by atoms with Gasteiger partial charge in [-0.3, -0.25) is 0 Å². The molecule has 0 bridgehead atoms. The Balaban J connectivity index is 3.10. The minimum absolute atomic E-state index is 0.00320. The molecular formula is C18H20O7. The molecule has 0 aliphatic heterocycles. The van der Waals surface area contributed by atoms with Gasteiger partial charge in [0.25, 0.3) is 0 Å². The van der Waals surface area contributed by atoms with Crippen LogP contribution in [0.5, 0.6) is 0 Å². The number of aliphatic hydroxyl groups excluding tert-OH is 1. The van der Waals surface area contributed by atoms with Gasteiger partial charge in [-0.1, -0.05) is 25.3 Å². The van der Waals surface area contributed by atoms with Crippen molar-refractivity contribution in [3.8, 4) is 0 Å². The van der Waals surface area contributed by atoms with Gasteiger partial charge >= 0.3 is 17.9 Å². The zero-order chi connectivity index (χ0) is 18.7. The summed E-state index contributed by atoms with van der Waals surface area (Å²) in [5, 5.41) is 8.72. The maximum atomic E-state index is 12.1. The topological polar surface area (TPSA) is 99.1 Å². The van der Waals surface area contributed by atoms with Gasteiger partial charge in [0, 0.05) is 13.0 Å². The number of hydrogen-bond donors (Lipinski definition) is 1. The molecule has 0 aromatic heterocycles. The SMILES string of the molecule is C=CCOC(=O)c1cc(C(=O)OCC=C)cc(C(=O)OCCCO)c1. The van der Waals surface area contributed by atoms with E-state index in [1.807, 2.05) is 0 Å². The van der Waals surface area contributed by atoms with Crippen LogP contribution in [0.4, 0.5) is 0 Å². The number of ether oxygens (including phenoxy) is 3. The summed E-state index contributed by atoms with van der Waals surface area (Å²) in [6.07, 6.45) is 3.06. The Morgan fingerprint density at radius 3 is 1.60 bits per heavy atom. The van der Waals surface area contributed by atoms with Crippen molar-refractivity contribution < 1.29 is 33.7 Å². The molecule has 0 amide bonds. The van der Waals surface area contributed by atoms with Crippen molar-refractivity contribution in [2.45, 2.75) is 6.42 Å². The van der Waals surface area contributed by atoms with Crippen LogP contribution >= 0.6 is 0 Å². The molecule has 0 saturated carbocycles. The minimum atomic E-state index is -0.732. The van der Waals surface area contributed by atoms with Crippen LogP contribution < -0.4 is 0 Å². The summed E-state index contributed by atoms with van der Waals surface area (Å²) in [4.78, 5) is 36.1. The number of carbonyl (C=O) groups excluding carboxylic acids is 3. The molecule has 25 heavy (non-hydrogen) atoms. The van der Waals surface area contributed by atoms with Gasteiger partial charge in [0.1, 0.15) is 13.2 Å². The van der Waals surface area contributed by atoms with Crippen LogP contribution in [-0.2, 0) is 14.2 Å². The summed E-state index contributed by atoms with van der Waals surface area (Å²) in [5.74, 6) is -2.17. The first kappa shape index (κ1) is 20.1. The molecule has 1 aromatic rings. The third kappa shape index (κ3) is 6.60. The molecule has 7 heteroatoms. The second-order valence-electron chi connectivity index (χ2n) is 4.79. The van der Waals surface area contributed by atoms with Gasteiger partial charge < -0.3 is 19.3 Å². The maximum Gasteiger partial charge on any atom is 0.338 e. The fourth-order valence-electron chi connectivity index (χ4n) is 1.73. The number of rotatable bonds is 10. The highest BCUT2D eigenvalue weighted by atomic mass is 16.5. The first-order valence-electron chi connectivity index (χ1n) is 7.52. The van der Waals surface area contributed by atoms with E-state index in [1.54, 1.807) is 0 Å². The molecule has 0 saturated heterocycles. The van der Waals surface area contributed by atoms with E-state index in [-0.39, 0.29) is 49.5 Å². The summed E-state index contributed by atoms with van der Waals surface area (Å²) in [7, 11) is 0. The third-order valence-corrected chi connectivity index (χ3v) is 2.84. The van der Waals surface area contributed by atoms with Gasteiger partial charge in [-0.25, -0.2) is 14.4 Å². The van der Waals surface area contributed by atoms with Crippen molar-refractivity contribution in [2.24, 2.45) is 0 Å². The molecule has 0 heterocycles. The van der Waals surface area contributed by atoms with Crippen molar-refractivity contribution in [3.05, 3.63) is 60.2 Å². The monoisotopic (exact) mass is 348 g/mol. The van der Waals surface area contributed by atoms with Gasteiger partial charge in [-0.2, -0.15) is 0 Å². The van der Waals surface area contributed by atoms with Crippen molar-refractivity contribution in [1.29, 1.82) is 0 Å². The lowest BCUT2D eigenvalue weighted by Crippen LogP contribution is -2.14. The second-order valence-corrected chi connectivity index (χ2v) is 4.79. The second kappa shape index (κ2) is 10.8. The largest absolute Gasteiger partial charge is 0.462 e. The summed E-state index contributed by atoms with van der Waals surface area (Å²) >= 11 is 0. The zero-order valence-corrected chi connectivity index (χ0v) is 13.7. The predicted molar refractivity (Wildman–Crippen MR) is 89.4 cm³/mol. The molecule has 0 radical (unpaired) electrons. The molecule has 1 N–H and O–H groups in total. The Hall–Kier alpha value is -2.93. The zero-order valence-electron chi connectivity index (χ0n) is 13.7. The lowest BCUT2D eigenvalue weighted by atomic mass is 10.1. The van der Waals surface area contributed by atoms with Crippen molar-refractivity contribution in [3.63, 3.8) is 0 Å². The summed E-state index contributed by atoms with van der Waals surface area (Å²) in [6.45, 7) is 6.73. The quantitative estimate of drug-likeness (QED) is 0.298. The Kier molecular flexibility index (Phi) is 8.67. The van der Waals surface area contributed by atoms with Crippen molar-refractivity contribution in [1.82, 2.24) is 0 Å². The van der Waals surface area contributed by atoms with Crippen LogP contribution in [0, 0.1) is 0 Å². The normalized spacial score (nSPS) is 9.80. The smallest absolute Gasteiger partial charge is 0.338 e. The average Bonchev–Trinajstić information content (AvgIpc) is 2.63. The molecule has 0 aliphatic rings. The van der Waals surface area contributed by atoms with E-state index in [9.17, 15) is 14.4 Å². The van der Waals surface area contributed by atoms with Gasteiger partial charge in [0.2, 0.25) is 0 Å². The summed E-state index contributed by atoms with van der Waals surface area (Å²) < 4.78 is 14.8. The highest BCUT2D eigenvalue weighted by Crippen LogP contribution is 2.15. The number of benzene rings is 1. The third-order valence-electron chi connectivity index (χ3n) is 2.84. The first-order valence-corrected chi connectivity index (χ1v) is 7.52. The average molecular weight is 348 g/mol. The molecule has 0 atom stereocenters. The van der Waals surface area contributed by atoms with Crippen LogP contribution in [0.15, 0.2) is 43.5 Å². The Morgan fingerprint density at radius 1 is 0.840 bits per heavy atom. The molecule has 1 rings (SSSR count). The van der Waals surface area contributed by atoms with E-state index in [1.165, 1.54) is 30.4 Å². The first-order chi connectivity index (χ1) is 12.0. The molecule has 7 nitrogen and oxygen atoms in total. The van der Waals surface area contributed by atoms with E-state index in [0.717, 1.165) is 0 Å². The molecule has 134 valence electrons. The van der Waals surface area contributed by atoms with E-state index in [4.69, 9.17) is 19.3 Å². The lowest BCUT2D eigenvalue weighted by molar-refractivity contribution is 0.0482. The van der Waals surface area contributed by atoms with Crippen LogP contribution in [0.3, 0.4) is 0 Å². The number of esters is 3. The Labute approximate surface area is 145 Å². The van der Waals surface area contributed by atoms with E-state index >= 15 is 0 Å². The minimum Gasteiger partial charge on any atom is -0.462 e. The van der Waals surface area contributed by atoms with Crippen LogP contribution in [0.2, 0.25) is 0 Å². The maximum absolute atomic E-state index is 12.1. The van der Waals surface area contributed by atoms with Crippen LogP contribution in [-0.4, -0.2) is 49.4 Å². The van der Waals surface area contributed by atoms with Gasteiger partial charge in [0.05, 0.1) is 23.3 Å². The van der Waals surface area contributed by atoms with Crippen LogP contribution in [0.1, 0.15) is 37.5 Å². The summed E-state index contributed by atoms with van der Waals surface area (Å²) in [5.41, 5.74) is 0.00423. The van der Waals surface area contributed by atoms with E-state index in [0.29, 0.717) is 0 Å². The number of hydrogen-bond acceptors (Lipinski definition) is 7. The molecule has 0 aliphatic carbocycles. The molecule has 0 spiro atoms. The molecule has 0 fully saturated rings. The summed E-state index contributed by atoms with van der Waals surface area (Å²) in [6, 6.07) is 3.79. The fraction of sp³-hybridized carbons (Fsp3) is 0.278. The van der Waals surface area contributed by atoms with Crippen LogP contribution in [0.25, 0.3) is 0 Å².